The fourth-order valence-corrected chi connectivity index (χ4v) is 2.51. The molecule has 3 heteroatoms. The van der Waals surface area contributed by atoms with Crippen molar-refractivity contribution >= 4 is 39.1 Å². The number of hydrogen-bond donors (Lipinski definition) is 0. The summed E-state index contributed by atoms with van der Waals surface area (Å²) in [7, 11) is 0. The molecular formula is C7H3BrOS. The molecule has 0 N–H and O–H groups in total. The van der Waals surface area contributed by atoms with Crippen molar-refractivity contribution in [2.24, 2.45) is 0 Å². The van der Waals surface area contributed by atoms with Crippen LogP contribution in [0.25, 0.3) is 6.08 Å². The molecule has 2 rings (SSSR count). The first kappa shape index (κ1) is 6.31. The van der Waals surface area contributed by atoms with Gasteiger partial charge in [-0.25, -0.2) is 0 Å². The van der Waals surface area contributed by atoms with E-state index in [1.54, 1.807) is 6.08 Å². The molecule has 0 fully saturated rings. The van der Waals surface area contributed by atoms with Crippen LogP contribution in [-0.4, -0.2) is 5.78 Å². The van der Waals surface area contributed by atoms with Crippen molar-refractivity contribution in [1.29, 1.82) is 0 Å². The minimum absolute atomic E-state index is 0.130. The topological polar surface area (TPSA) is 17.1 Å². The first-order chi connectivity index (χ1) is 4.79. The molecule has 0 aliphatic heterocycles. The van der Waals surface area contributed by atoms with Crippen molar-refractivity contribution in [3.63, 3.8) is 0 Å². The van der Waals surface area contributed by atoms with Crippen molar-refractivity contribution in [1.82, 2.24) is 0 Å². The summed E-state index contributed by atoms with van der Waals surface area (Å²) in [6.07, 6.45) is 3.45. The van der Waals surface area contributed by atoms with Crippen LogP contribution >= 0.6 is 27.3 Å². The Hall–Kier alpha value is -0.410. The summed E-state index contributed by atoms with van der Waals surface area (Å²) in [5.74, 6) is 0.130. The normalized spacial score (nSPS) is 14.3. The number of rotatable bonds is 0. The first-order valence-corrected chi connectivity index (χ1v) is 4.45. The quantitative estimate of drug-likeness (QED) is 0.650. The van der Waals surface area contributed by atoms with E-state index in [0.29, 0.717) is 0 Å². The molecule has 0 spiro atoms. The third-order valence-corrected chi connectivity index (χ3v) is 3.38. The highest BCUT2D eigenvalue weighted by molar-refractivity contribution is 9.10. The van der Waals surface area contributed by atoms with E-state index in [9.17, 15) is 4.79 Å². The molecule has 0 saturated heterocycles. The number of carbonyl (C=O) groups is 1. The van der Waals surface area contributed by atoms with Gasteiger partial charge in [0.2, 0.25) is 0 Å². The molecule has 10 heavy (non-hydrogen) atoms. The lowest BCUT2D eigenvalue weighted by Crippen LogP contribution is -1.83. The molecule has 0 radical (unpaired) electrons. The molecule has 0 saturated carbocycles. The van der Waals surface area contributed by atoms with Crippen LogP contribution in [-0.2, 0) is 0 Å². The summed E-state index contributed by atoms with van der Waals surface area (Å²) >= 11 is 4.84. The molecule has 0 amide bonds. The molecular weight excluding hydrogens is 212 g/mol. The van der Waals surface area contributed by atoms with Crippen LogP contribution in [0.5, 0.6) is 0 Å². The van der Waals surface area contributed by atoms with Gasteiger partial charge < -0.3 is 0 Å². The molecule has 1 heterocycles. The van der Waals surface area contributed by atoms with Crippen LogP contribution in [0.2, 0.25) is 0 Å². The minimum atomic E-state index is 0.130. The molecule has 1 aliphatic rings. The lowest BCUT2D eigenvalue weighted by atomic mass is 10.3. The van der Waals surface area contributed by atoms with Gasteiger partial charge in [0, 0.05) is 15.4 Å². The maximum atomic E-state index is 11.0. The van der Waals surface area contributed by atoms with Gasteiger partial charge in [-0.3, -0.25) is 4.79 Å². The van der Waals surface area contributed by atoms with E-state index in [-0.39, 0.29) is 5.78 Å². The fraction of sp³-hybridized carbons (Fsp3) is 0. The molecule has 0 bridgehead atoms. The third-order valence-electron chi connectivity index (χ3n) is 1.41. The second kappa shape index (κ2) is 2.04. The summed E-state index contributed by atoms with van der Waals surface area (Å²) in [4.78, 5) is 11.8. The highest BCUT2D eigenvalue weighted by Gasteiger charge is 2.17. The van der Waals surface area contributed by atoms with Crippen molar-refractivity contribution in [2.45, 2.75) is 0 Å². The van der Waals surface area contributed by atoms with Crippen LogP contribution in [0.4, 0.5) is 0 Å². The molecule has 1 aliphatic carbocycles. The van der Waals surface area contributed by atoms with E-state index in [1.807, 2.05) is 11.5 Å². The lowest BCUT2D eigenvalue weighted by molar-refractivity contribution is 0.105. The van der Waals surface area contributed by atoms with E-state index in [2.05, 4.69) is 15.9 Å². The predicted octanol–water partition coefficient (Wildman–Crippen LogP) is 2.72. The maximum absolute atomic E-state index is 11.0. The molecule has 0 atom stereocenters. The predicted molar refractivity (Wildman–Crippen MR) is 45.4 cm³/mol. The van der Waals surface area contributed by atoms with E-state index in [4.69, 9.17) is 0 Å². The van der Waals surface area contributed by atoms with Gasteiger partial charge in [-0.15, -0.1) is 11.3 Å². The monoisotopic (exact) mass is 214 g/mol. The van der Waals surface area contributed by atoms with Gasteiger partial charge >= 0.3 is 0 Å². The summed E-state index contributed by atoms with van der Waals surface area (Å²) in [5, 5.41) is 1.94. The molecule has 0 unspecified atom stereocenters. The zero-order valence-corrected chi connectivity index (χ0v) is 7.33. The van der Waals surface area contributed by atoms with Gasteiger partial charge in [0.15, 0.2) is 5.78 Å². The summed E-state index contributed by atoms with van der Waals surface area (Å²) in [6, 6.07) is 0. The fourth-order valence-electron chi connectivity index (χ4n) is 0.927. The highest BCUT2D eigenvalue weighted by Crippen LogP contribution is 2.32. The smallest absolute Gasteiger partial charge is 0.196 e. The largest absolute Gasteiger partial charge is 0.288 e. The molecule has 1 aromatic heterocycles. The summed E-state index contributed by atoms with van der Waals surface area (Å²) in [5.41, 5.74) is 1.04. The highest BCUT2D eigenvalue weighted by atomic mass is 79.9. The van der Waals surface area contributed by atoms with Gasteiger partial charge in [-0.05, 0) is 28.1 Å². The molecule has 50 valence electrons. The standard InChI is InChI=1S/C7H3BrOS/c8-5-3-10-7-4(5)1-2-6(7)9/h1-3H. The Labute approximate surface area is 70.5 Å². The SMILES string of the molecule is O=C1C=Cc2c(Br)csc21. The Morgan fingerprint density at radius 2 is 2.20 bits per heavy atom. The number of fused-ring (bicyclic) bond motifs is 1. The zero-order valence-electron chi connectivity index (χ0n) is 4.93. The van der Waals surface area contributed by atoms with Gasteiger partial charge in [-0.1, -0.05) is 0 Å². The minimum Gasteiger partial charge on any atom is -0.288 e. The Balaban J connectivity index is 2.73. The zero-order chi connectivity index (χ0) is 7.14. The van der Waals surface area contributed by atoms with Crippen molar-refractivity contribution in [3.05, 3.63) is 26.4 Å². The Bertz CT molecular complexity index is 324. The van der Waals surface area contributed by atoms with E-state index in [1.165, 1.54) is 11.3 Å². The van der Waals surface area contributed by atoms with Crippen LogP contribution in [0, 0.1) is 0 Å². The third kappa shape index (κ3) is 0.707. The van der Waals surface area contributed by atoms with E-state index < -0.39 is 0 Å². The average molecular weight is 215 g/mol. The number of thiophene rings is 1. The molecule has 0 aromatic carbocycles. The molecule has 1 aromatic rings. The number of ketones is 1. The van der Waals surface area contributed by atoms with E-state index in [0.717, 1.165) is 14.9 Å². The number of hydrogen-bond acceptors (Lipinski definition) is 2. The summed E-state index contributed by atoms with van der Waals surface area (Å²) in [6.45, 7) is 0. The van der Waals surface area contributed by atoms with E-state index >= 15 is 0 Å². The van der Waals surface area contributed by atoms with Crippen LogP contribution in [0.15, 0.2) is 15.9 Å². The Kier molecular flexibility index (Phi) is 1.28. The van der Waals surface area contributed by atoms with Crippen molar-refractivity contribution < 1.29 is 4.79 Å². The van der Waals surface area contributed by atoms with Crippen molar-refractivity contribution in [3.8, 4) is 0 Å². The van der Waals surface area contributed by atoms with Gasteiger partial charge in [0.25, 0.3) is 0 Å². The Morgan fingerprint density at radius 1 is 1.40 bits per heavy atom. The first-order valence-electron chi connectivity index (χ1n) is 2.78. The second-order valence-electron chi connectivity index (χ2n) is 2.02. The average Bonchev–Trinajstić information content (AvgIpc) is 2.41. The van der Waals surface area contributed by atoms with Gasteiger partial charge in [-0.2, -0.15) is 0 Å². The van der Waals surface area contributed by atoms with Crippen molar-refractivity contribution in [2.75, 3.05) is 0 Å². The van der Waals surface area contributed by atoms with Crippen LogP contribution < -0.4 is 0 Å². The summed E-state index contributed by atoms with van der Waals surface area (Å²) < 4.78 is 1.02. The van der Waals surface area contributed by atoms with Crippen LogP contribution in [0.3, 0.4) is 0 Å². The number of allylic oxidation sites excluding steroid dienone is 1. The number of carbonyl (C=O) groups excluding carboxylic acids is 1. The van der Waals surface area contributed by atoms with Gasteiger partial charge in [0.1, 0.15) is 0 Å². The number of halogens is 1. The lowest BCUT2D eigenvalue weighted by Gasteiger charge is -1.83. The second-order valence-corrected chi connectivity index (χ2v) is 3.76. The molecule has 1 nitrogen and oxygen atoms in total. The van der Waals surface area contributed by atoms with Crippen LogP contribution in [0.1, 0.15) is 15.2 Å². The van der Waals surface area contributed by atoms with Gasteiger partial charge in [0.05, 0.1) is 4.88 Å². The Morgan fingerprint density at radius 3 is 2.90 bits per heavy atom. The maximum Gasteiger partial charge on any atom is 0.196 e.